The number of unbranched alkanes of at least 4 members (excludes halogenated alkanes) is 2. The summed E-state index contributed by atoms with van der Waals surface area (Å²) in [6.45, 7) is 7.30. The van der Waals surface area contributed by atoms with E-state index in [-0.39, 0.29) is 5.91 Å². The van der Waals surface area contributed by atoms with Gasteiger partial charge in [-0.1, -0.05) is 26.7 Å². The molecule has 112 valence electrons. The number of rotatable bonds is 10. The highest BCUT2D eigenvalue weighted by atomic mass is 16.5. The van der Waals surface area contributed by atoms with E-state index in [2.05, 4.69) is 17.6 Å². The number of hydrogen-bond donors (Lipinski definition) is 2. The van der Waals surface area contributed by atoms with Crippen LogP contribution in [0.4, 0.5) is 0 Å². The van der Waals surface area contributed by atoms with Gasteiger partial charge in [0, 0.05) is 18.7 Å². The van der Waals surface area contributed by atoms with Crippen LogP contribution in [-0.4, -0.2) is 32.1 Å². The lowest BCUT2D eigenvalue weighted by atomic mass is 10.2. The Labute approximate surface area is 121 Å². The summed E-state index contributed by atoms with van der Waals surface area (Å²) in [5, 5.41) is 6.03. The van der Waals surface area contributed by atoms with Crippen molar-refractivity contribution in [2.24, 2.45) is 0 Å². The van der Waals surface area contributed by atoms with E-state index in [1.165, 1.54) is 12.8 Å². The van der Waals surface area contributed by atoms with Gasteiger partial charge in [-0.05, 0) is 37.2 Å². The second-order valence-electron chi connectivity index (χ2n) is 4.69. The molecule has 0 aliphatic heterocycles. The number of ether oxygens (including phenoxy) is 1. The smallest absolute Gasteiger partial charge is 0.251 e. The van der Waals surface area contributed by atoms with Crippen LogP contribution in [0.25, 0.3) is 0 Å². The summed E-state index contributed by atoms with van der Waals surface area (Å²) in [7, 11) is 0. The predicted octanol–water partition coefficient (Wildman–Crippen LogP) is 2.59. The van der Waals surface area contributed by atoms with Crippen LogP contribution in [0.2, 0.25) is 0 Å². The minimum atomic E-state index is -0.0413. The number of nitrogens with one attached hydrogen (secondary N) is 2. The van der Waals surface area contributed by atoms with E-state index in [9.17, 15) is 4.79 Å². The summed E-state index contributed by atoms with van der Waals surface area (Å²) >= 11 is 0. The molecular weight excluding hydrogens is 252 g/mol. The van der Waals surface area contributed by atoms with Gasteiger partial charge in [-0.2, -0.15) is 0 Å². The number of carbonyl (C=O) groups excluding carboxylic acids is 1. The van der Waals surface area contributed by atoms with Gasteiger partial charge in [0.05, 0.1) is 6.61 Å². The fourth-order valence-corrected chi connectivity index (χ4v) is 1.79. The van der Waals surface area contributed by atoms with Crippen molar-refractivity contribution >= 4 is 5.91 Å². The molecule has 4 nitrogen and oxygen atoms in total. The SMILES string of the molecule is CCCCCOc1ccc(C(=O)NCCNCC)cc1. The van der Waals surface area contributed by atoms with E-state index in [0.29, 0.717) is 12.1 Å². The number of likely N-dealkylation sites (N-methyl/N-ethyl adjacent to an activating group) is 1. The van der Waals surface area contributed by atoms with Gasteiger partial charge in [0.2, 0.25) is 0 Å². The minimum Gasteiger partial charge on any atom is -0.494 e. The van der Waals surface area contributed by atoms with E-state index in [1.807, 2.05) is 19.1 Å². The zero-order valence-electron chi connectivity index (χ0n) is 12.6. The molecule has 0 aromatic heterocycles. The van der Waals surface area contributed by atoms with Crippen molar-refractivity contribution in [1.82, 2.24) is 10.6 Å². The van der Waals surface area contributed by atoms with Gasteiger partial charge in [-0.3, -0.25) is 4.79 Å². The van der Waals surface area contributed by atoms with Crippen LogP contribution < -0.4 is 15.4 Å². The second kappa shape index (κ2) is 10.3. The Kier molecular flexibility index (Phi) is 8.47. The molecular formula is C16H26N2O2. The van der Waals surface area contributed by atoms with E-state index in [1.54, 1.807) is 12.1 Å². The first kappa shape index (κ1) is 16.5. The molecule has 0 heterocycles. The lowest BCUT2D eigenvalue weighted by molar-refractivity contribution is 0.0954. The lowest BCUT2D eigenvalue weighted by Crippen LogP contribution is -2.31. The monoisotopic (exact) mass is 278 g/mol. The van der Waals surface area contributed by atoms with Crippen molar-refractivity contribution in [1.29, 1.82) is 0 Å². The van der Waals surface area contributed by atoms with Gasteiger partial charge in [0.1, 0.15) is 5.75 Å². The summed E-state index contributed by atoms with van der Waals surface area (Å²) in [5.74, 6) is 0.783. The van der Waals surface area contributed by atoms with Crippen molar-refractivity contribution in [3.63, 3.8) is 0 Å². The first-order chi connectivity index (χ1) is 9.77. The van der Waals surface area contributed by atoms with Gasteiger partial charge in [0.25, 0.3) is 5.91 Å². The minimum absolute atomic E-state index is 0.0413. The maximum Gasteiger partial charge on any atom is 0.251 e. The Morgan fingerprint density at radius 2 is 1.85 bits per heavy atom. The van der Waals surface area contributed by atoms with Crippen molar-refractivity contribution in [2.75, 3.05) is 26.2 Å². The topological polar surface area (TPSA) is 50.4 Å². The van der Waals surface area contributed by atoms with Crippen LogP contribution in [0.1, 0.15) is 43.5 Å². The fraction of sp³-hybridized carbons (Fsp3) is 0.562. The molecule has 0 aliphatic rings. The van der Waals surface area contributed by atoms with Gasteiger partial charge < -0.3 is 15.4 Å². The summed E-state index contributed by atoms with van der Waals surface area (Å²) in [5.41, 5.74) is 0.669. The van der Waals surface area contributed by atoms with Crippen LogP contribution in [0, 0.1) is 0 Å². The molecule has 2 N–H and O–H groups in total. The maximum atomic E-state index is 11.8. The average Bonchev–Trinajstić information content (AvgIpc) is 2.48. The molecule has 0 unspecified atom stereocenters. The third-order valence-corrected chi connectivity index (χ3v) is 2.97. The molecule has 0 bridgehead atoms. The van der Waals surface area contributed by atoms with Crippen molar-refractivity contribution in [3.05, 3.63) is 29.8 Å². The molecule has 4 heteroatoms. The Bertz CT molecular complexity index is 377. The van der Waals surface area contributed by atoms with E-state index < -0.39 is 0 Å². The summed E-state index contributed by atoms with van der Waals surface area (Å²) in [4.78, 5) is 11.8. The van der Waals surface area contributed by atoms with E-state index in [4.69, 9.17) is 4.74 Å². The molecule has 0 aliphatic carbocycles. The number of benzene rings is 1. The van der Waals surface area contributed by atoms with E-state index >= 15 is 0 Å². The molecule has 0 saturated carbocycles. The molecule has 0 saturated heterocycles. The molecule has 0 radical (unpaired) electrons. The third kappa shape index (κ3) is 6.57. The Morgan fingerprint density at radius 1 is 1.10 bits per heavy atom. The molecule has 20 heavy (non-hydrogen) atoms. The Hall–Kier alpha value is -1.55. The molecule has 0 fully saturated rings. The maximum absolute atomic E-state index is 11.8. The van der Waals surface area contributed by atoms with Gasteiger partial charge >= 0.3 is 0 Å². The highest BCUT2D eigenvalue weighted by Crippen LogP contribution is 2.12. The normalized spacial score (nSPS) is 10.3. The van der Waals surface area contributed by atoms with Crippen LogP contribution >= 0.6 is 0 Å². The average molecular weight is 278 g/mol. The molecule has 1 rings (SSSR count). The number of amides is 1. The largest absolute Gasteiger partial charge is 0.494 e. The molecule has 1 aromatic rings. The van der Waals surface area contributed by atoms with Crippen LogP contribution in [0.5, 0.6) is 5.75 Å². The standard InChI is InChI=1S/C16H26N2O2/c1-3-5-6-13-20-15-9-7-14(8-10-15)16(19)18-12-11-17-4-2/h7-10,17H,3-6,11-13H2,1-2H3,(H,18,19). The zero-order chi connectivity index (χ0) is 14.6. The first-order valence-corrected chi connectivity index (χ1v) is 7.49. The second-order valence-corrected chi connectivity index (χ2v) is 4.69. The first-order valence-electron chi connectivity index (χ1n) is 7.49. The summed E-state index contributed by atoms with van der Waals surface area (Å²) in [6, 6.07) is 7.31. The molecule has 1 aromatic carbocycles. The molecule has 0 atom stereocenters. The zero-order valence-corrected chi connectivity index (χ0v) is 12.6. The van der Waals surface area contributed by atoms with Crippen LogP contribution in [0.3, 0.4) is 0 Å². The predicted molar refractivity (Wildman–Crippen MR) is 82.3 cm³/mol. The van der Waals surface area contributed by atoms with Crippen LogP contribution in [0.15, 0.2) is 24.3 Å². The van der Waals surface area contributed by atoms with Gasteiger partial charge in [-0.25, -0.2) is 0 Å². The van der Waals surface area contributed by atoms with Gasteiger partial charge in [0.15, 0.2) is 0 Å². The highest BCUT2D eigenvalue weighted by molar-refractivity contribution is 5.94. The summed E-state index contributed by atoms with van der Waals surface area (Å²) in [6.07, 6.45) is 3.45. The van der Waals surface area contributed by atoms with E-state index in [0.717, 1.165) is 31.9 Å². The molecule has 0 spiro atoms. The Morgan fingerprint density at radius 3 is 2.50 bits per heavy atom. The number of hydrogen-bond acceptors (Lipinski definition) is 3. The number of carbonyl (C=O) groups is 1. The lowest BCUT2D eigenvalue weighted by Gasteiger charge is -2.08. The third-order valence-electron chi connectivity index (χ3n) is 2.97. The van der Waals surface area contributed by atoms with Crippen molar-refractivity contribution in [3.8, 4) is 5.75 Å². The highest BCUT2D eigenvalue weighted by Gasteiger charge is 2.04. The van der Waals surface area contributed by atoms with Crippen molar-refractivity contribution in [2.45, 2.75) is 33.1 Å². The summed E-state index contributed by atoms with van der Waals surface area (Å²) < 4.78 is 5.61. The van der Waals surface area contributed by atoms with Crippen LogP contribution in [-0.2, 0) is 0 Å². The fourth-order valence-electron chi connectivity index (χ4n) is 1.79. The molecule has 1 amide bonds. The van der Waals surface area contributed by atoms with Gasteiger partial charge in [-0.15, -0.1) is 0 Å². The quantitative estimate of drug-likeness (QED) is 0.647. The Balaban J connectivity index is 2.31. The van der Waals surface area contributed by atoms with Crippen molar-refractivity contribution < 1.29 is 9.53 Å².